The van der Waals surface area contributed by atoms with Gasteiger partial charge >= 0.3 is 0 Å². The summed E-state index contributed by atoms with van der Waals surface area (Å²) >= 11 is 0. The smallest absolute Gasteiger partial charge is 0.119 e. The summed E-state index contributed by atoms with van der Waals surface area (Å²) in [7, 11) is 3.37. The largest absolute Gasteiger partial charge is 0.497 e. The lowest BCUT2D eigenvalue weighted by atomic mass is 9.56. The Bertz CT molecular complexity index is 823. The summed E-state index contributed by atoms with van der Waals surface area (Å²) in [6, 6.07) is 16.3. The molecule has 2 fully saturated rings. The van der Waals surface area contributed by atoms with Crippen LogP contribution in [0.1, 0.15) is 62.5 Å². The van der Waals surface area contributed by atoms with Crippen LogP contribution in [0.25, 0.3) is 0 Å². The zero-order valence-electron chi connectivity index (χ0n) is 19.6. The fraction of sp³-hybridized carbons (Fsp3) is 0.571. The van der Waals surface area contributed by atoms with Crippen molar-refractivity contribution < 1.29 is 19.7 Å². The van der Waals surface area contributed by atoms with Crippen molar-refractivity contribution in [2.75, 3.05) is 14.2 Å². The van der Waals surface area contributed by atoms with Gasteiger partial charge in [-0.2, -0.15) is 0 Å². The van der Waals surface area contributed by atoms with E-state index < -0.39 is 11.2 Å². The molecular weight excluding hydrogens is 400 g/mol. The number of aryl methyl sites for hydroxylation is 2. The van der Waals surface area contributed by atoms with Gasteiger partial charge in [0.1, 0.15) is 11.5 Å². The van der Waals surface area contributed by atoms with Crippen molar-refractivity contribution in [3.8, 4) is 11.5 Å². The number of benzene rings is 2. The predicted octanol–water partition coefficient (Wildman–Crippen LogP) is 5.33. The van der Waals surface area contributed by atoms with Crippen LogP contribution >= 0.6 is 0 Å². The van der Waals surface area contributed by atoms with Crippen molar-refractivity contribution in [2.45, 2.75) is 75.4 Å². The summed E-state index contributed by atoms with van der Waals surface area (Å²) in [5, 5.41) is 23.6. The molecule has 4 atom stereocenters. The lowest BCUT2D eigenvalue weighted by Crippen LogP contribution is -2.56. The van der Waals surface area contributed by atoms with E-state index in [2.05, 4.69) is 24.3 Å². The fourth-order valence-corrected chi connectivity index (χ4v) is 6.31. The van der Waals surface area contributed by atoms with Gasteiger partial charge in [-0.3, -0.25) is 0 Å². The molecule has 0 saturated heterocycles. The molecule has 4 heteroatoms. The number of fused-ring (bicyclic) bond motifs is 1. The van der Waals surface area contributed by atoms with E-state index in [-0.39, 0.29) is 11.8 Å². The van der Waals surface area contributed by atoms with Gasteiger partial charge in [-0.15, -0.1) is 0 Å². The molecule has 4 nitrogen and oxygen atoms in total. The van der Waals surface area contributed by atoms with Crippen LogP contribution in [0.2, 0.25) is 0 Å². The van der Waals surface area contributed by atoms with Crippen molar-refractivity contribution in [2.24, 2.45) is 11.8 Å². The van der Waals surface area contributed by atoms with Crippen LogP contribution < -0.4 is 9.47 Å². The lowest BCUT2D eigenvalue weighted by Gasteiger charge is -2.54. The molecule has 2 aromatic carbocycles. The quantitative estimate of drug-likeness (QED) is 0.585. The predicted molar refractivity (Wildman–Crippen MR) is 127 cm³/mol. The number of aliphatic hydroxyl groups is 2. The lowest BCUT2D eigenvalue weighted by molar-refractivity contribution is -0.167. The summed E-state index contributed by atoms with van der Waals surface area (Å²) in [5.74, 6) is 2.07. The Hall–Kier alpha value is -2.04. The molecule has 0 unspecified atom stereocenters. The van der Waals surface area contributed by atoms with E-state index in [1.54, 1.807) is 14.2 Å². The van der Waals surface area contributed by atoms with Crippen molar-refractivity contribution >= 4 is 0 Å². The minimum absolute atomic E-state index is 0.172. The molecule has 0 radical (unpaired) electrons. The fourth-order valence-electron chi connectivity index (χ4n) is 6.31. The summed E-state index contributed by atoms with van der Waals surface area (Å²) in [5.41, 5.74) is 1.00. The van der Waals surface area contributed by atoms with Gasteiger partial charge in [0.25, 0.3) is 0 Å². The van der Waals surface area contributed by atoms with Crippen molar-refractivity contribution in [1.29, 1.82) is 0 Å². The molecule has 174 valence electrons. The molecule has 2 aliphatic carbocycles. The minimum atomic E-state index is -0.698. The molecule has 2 saturated carbocycles. The average Bonchev–Trinajstić information content (AvgIpc) is 2.83. The molecule has 2 aromatic rings. The Balaban J connectivity index is 1.45. The molecule has 0 aromatic heterocycles. The maximum Gasteiger partial charge on any atom is 0.119 e. The first-order chi connectivity index (χ1) is 15.5. The highest BCUT2D eigenvalue weighted by molar-refractivity contribution is 5.29. The van der Waals surface area contributed by atoms with E-state index >= 15 is 0 Å². The van der Waals surface area contributed by atoms with Crippen LogP contribution in [0, 0.1) is 11.8 Å². The van der Waals surface area contributed by atoms with Gasteiger partial charge in [0, 0.05) is 0 Å². The van der Waals surface area contributed by atoms with Crippen molar-refractivity contribution in [3.05, 3.63) is 59.7 Å². The van der Waals surface area contributed by atoms with Crippen LogP contribution in [0.3, 0.4) is 0 Å². The van der Waals surface area contributed by atoms with Gasteiger partial charge in [0.2, 0.25) is 0 Å². The van der Waals surface area contributed by atoms with Crippen LogP contribution in [0.15, 0.2) is 48.5 Å². The highest BCUT2D eigenvalue weighted by Gasteiger charge is 2.53. The maximum atomic E-state index is 11.8. The summed E-state index contributed by atoms with van der Waals surface area (Å²) in [6.45, 7) is 0. The molecule has 32 heavy (non-hydrogen) atoms. The van der Waals surface area contributed by atoms with E-state index in [4.69, 9.17) is 9.47 Å². The molecule has 0 spiro atoms. The van der Waals surface area contributed by atoms with E-state index in [9.17, 15) is 10.2 Å². The van der Waals surface area contributed by atoms with Crippen molar-refractivity contribution in [3.63, 3.8) is 0 Å². The average molecular weight is 439 g/mol. The molecule has 0 heterocycles. The third-order valence-electron chi connectivity index (χ3n) is 8.08. The topological polar surface area (TPSA) is 58.9 Å². The molecule has 2 N–H and O–H groups in total. The van der Waals surface area contributed by atoms with Gasteiger partial charge in [-0.25, -0.2) is 0 Å². The van der Waals surface area contributed by atoms with E-state index in [0.29, 0.717) is 0 Å². The molecule has 0 aliphatic heterocycles. The Morgan fingerprint density at radius 1 is 0.750 bits per heavy atom. The Kier molecular flexibility index (Phi) is 7.11. The van der Waals surface area contributed by atoms with Gasteiger partial charge in [0.05, 0.1) is 25.4 Å². The molecule has 0 bridgehead atoms. The maximum absolute atomic E-state index is 11.8. The van der Waals surface area contributed by atoms with Crippen LogP contribution in [0.4, 0.5) is 0 Å². The number of methoxy groups -OCH3 is 2. The van der Waals surface area contributed by atoms with Gasteiger partial charge in [-0.05, 0) is 98.6 Å². The second-order valence-corrected chi connectivity index (χ2v) is 9.91. The zero-order chi connectivity index (χ0) is 22.6. The zero-order valence-corrected chi connectivity index (χ0v) is 19.6. The normalized spacial score (nSPS) is 29.9. The third-order valence-corrected chi connectivity index (χ3v) is 8.08. The number of rotatable bonds is 8. The van der Waals surface area contributed by atoms with Crippen molar-refractivity contribution in [1.82, 2.24) is 0 Å². The van der Waals surface area contributed by atoms with E-state index in [0.717, 1.165) is 75.7 Å². The molecule has 4 rings (SSSR count). The first-order valence-electron chi connectivity index (χ1n) is 12.2. The first kappa shape index (κ1) is 23.1. The van der Waals surface area contributed by atoms with Gasteiger partial charge in [0.15, 0.2) is 0 Å². The molecular formula is C28H38O4. The highest BCUT2D eigenvalue weighted by atomic mass is 16.5. The summed E-state index contributed by atoms with van der Waals surface area (Å²) in [6.07, 6.45) is 8.82. The number of hydrogen-bond acceptors (Lipinski definition) is 4. The molecule has 2 aliphatic rings. The second kappa shape index (κ2) is 9.84. The van der Waals surface area contributed by atoms with E-state index in [1.807, 2.05) is 24.3 Å². The second-order valence-electron chi connectivity index (χ2n) is 9.91. The number of ether oxygens (including phenoxy) is 2. The monoisotopic (exact) mass is 438 g/mol. The summed E-state index contributed by atoms with van der Waals surface area (Å²) < 4.78 is 10.7. The van der Waals surface area contributed by atoms with Crippen LogP contribution in [-0.4, -0.2) is 35.6 Å². The summed E-state index contributed by atoms with van der Waals surface area (Å²) in [4.78, 5) is 0. The Morgan fingerprint density at radius 2 is 1.19 bits per heavy atom. The number of hydrogen-bond donors (Lipinski definition) is 2. The first-order valence-corrected chi connectivity index (χ1v) is 12.2. The third kappa shape index (κ3) is 4.97. The molecule has 0 amide bonds. The highest BCUT2D eigenvalue weighted by Crippen LogP contribution is 2.53. The Morgan fingerprint density at radius 3 is 1.59 bits per heavy atom. The standard InChI is InChI=1S/C28H38O4/c1-31-23-9-3-7-21(19-23)13-17-27(29)15-5-12-26-25(27)11-6-16-28(26,30)18-14-22-8-4-10-24(20-22)32-2/h3-4,7-10,19-20,25-26,29-30H,5-6,11-18H2,1-2H3/t25-,26-,27-,28-/m1/s1. The van der Waals surface area contributed by atoms with E-state index in [1.165, 1.54) is 11.1 Å². The van der Waals surface area contributed by atoms with Crippen LogP contribution in [-0.2, 0) is 12.8 Å². The minimum Gasteiger partial charge on any atom is -0.497 e. The van der Waals surface area contributed by atoms with Gasteiger partial charge < -0.3 is 19.7 Å². The SMILES string of the molecule is COc1cccc(CC[C@]2(O)CCC[C@@H]3[C@H]2CCC[C@@]3(O)CCc2cccc(OC)c2)c1. The van der Waals surface area contributed by atoms with Crippen LogP contribution in [0.5, 0.6) is 11.5 Å². The Labute approximate surface area is 192 Å². The van der Waals surface area contributed by atoms with Gasteiger partial charge in [-0.1, -0.05) is 37.1 Å².